The van der Waals surface area contributed by atoms with Gasteiger partial charge in [0.1, 0.15) is 6.10 Å². The van der Waals surface area contributed by atoms with E-state index in [4.69, 9.17) is 14.5 Å². The largest absolute Gasteiger partial charge is 0.373 e. The normalized spacial score (nSPS) is 25.4. The highest BCUT2D eigenvalue weighted by atomic mass is 16.5. The van der Waals surface area contributed by atoms with Crippen molar-refractivity contribution in [2.75, 3.05) is 7.11 Å². The van der Waals surface area contributed by atoms with E-state index in [0.717, 1.165) is 6.42 Å². The summed E-state index contributed by atoms with van der Waals surface area (Å²) >= 11 is 0. The van der Waals surface area contributed by atoms with Crippen LogP contribution in [0.5, 0.6) is 0 Å². The van der Waals surface area contributed by atoms with E-state index in [0.29, 0.717) is 11.7 Å². The Balaban J connectivity index is 2.16. The molecule has 1 aromatic rings. The molecule has 3 atom stereocenters. The van der Waals surface area contributed by atoms with Gasteiger partial charge in [-0.1, -0.05) is 25.9 Å². The van der Waals surface area contributed by atoms with Crippen LogP contribution in [-0.2, 0) is 4.74 Å². The second-order valence-electron chi connectivity index (χ2n) is 5.55. The second-order valence-corrected chi connectivity index (χ2v) is 5.55. The molecule has 5 heteroatoms. The SMILES string of the molecule is COC(c1noc(C2CC2C#N)n1)C(C)(C)C. The lowest BCUT2D eigenvalue weighted by Crippen LogP contribution is -2.21. The van der Waals surface area contributed by atoms with Crippen molar-refractivity contribution >= 4 is 0 Å². The molecular weight excluding hydrogens is 218 g/mol. The number of aromatic nitrogens is 2. The van der Waals surface area contributed by atoms with Gasteiger partial charge in [-0.15, -0.1) is 0 Å². The smallest absolute Gasteiger partial charge is 0.231 e. The van der Waals surface area contributed by atoms with Gasteiger partial charge in [0.25, 0.3) is 0 Å². The first-order valence-corrected chi connectivity index (χ1v) is 5.73. The van der Waals surface area contributed by atoms with Crippen molar-refractivity contribution < 1.29 is 9.26 Å². The fourth-order valence-electron chi connectivity index (χ4n) is 1.96. The van der Waals surface area contributed by atoms with E-state index in [1.54, 1.807) is 7.11 Å². The maximum absolute atomic E-state index is 8.76. The molecule has 0 aromatic carbocycles. The zero-order valence-electron chi connectivity index (χ0n) is 10.6. The molecule has 1 heterocycles. The Morgan fingerprint density at radius 2 is 2.24 bits per heavy atom. The third-order valence-corrected chi connectivity index (χ3v) is 2.99. The monoisotopic (exact) mass is 235 g/mol. The highest BCUT2D eigenvalue weighted by molar-refractivity contribution is 5.15. The Morgan fingerprint density at radius 1 is 1.53 bits per heavy atom. The predicted octanol–water partition coefficient (Wildman–Crippen LogP) is 2.43. The van der Waals surface area contributed by atoms with Crippen LogP contribution in [-0.4, -0.2) is 17.3 Å². The fraction of sp³-hybridized carbons (Fsp3) is 0.750. The third kappa shape index (κ3) is 2.32. The zero-order valence-corrected chi connectivity index (χ0v) is 10.6. The molecule has 0 aliphatic heterocycles. The first-order chi connectivity index (χ1) is 7.97. The molecular formula is C12H17N3O2. The van der Waals surface area contributed by atoms with E-state index in [1.807, 2.05) is 0 Å². The minimum atomic E-state index is -0.195. The summed E-state index contributed by atoms with van der Waals surface area (Å²) in [5.41, 5.74) is -0.0892. The van der Waals surface area contributed by atoms with Crippen molar-refractivity contribution in [3.05, 3.63) is 11.7 Å². The minimum Gasteiger partial charge on any atom is -0.373 e. The van der Waals surface area contributed by atoms with E-state index in [2.05, 4.69) is 37.0 Å². The van der Waals surface area contributed by atoms with Gasteiger partial charge in [-0.25, -0.2) is 0 Å². The molecule has 2 rings (SSSR count). The van der Waals surface area contributed by atoms with Crippen LogP contribution >= 0.6 is 0 Å². The summed E-state index contributed by atoms with van der Waals surface area (Å²) in [6, 6.07) is 2.21. The molecule has 17 heavy (non-hydrogen) atoms. The minimum absolute atomic E-state index is 0.0407. The van der Waals surface area contributed by atoms with E-state index in [9.17, 15) is 0 Å². The molecule has 5 nitrogen and oxygen atoms in total. The molecule has 0 saturated heterocycles. The van der Waals surface area contributed by atoms with E-state index in [1.165, 1.54) is 0 Å². The van der Waals surface area contributed by atoms with Crippen molar-refractivity contribution in [1.82, 2.24) is 10.1 Å². The predicted molar refractivity (Wildman–Crippen MR) is 60.0 cm³/mol. The van der Waals surface area contributed by atoms with Gasteiger partial charge in [-0.05, 0) is 11.8 Å². The Bertz CT molecular complexity index is 441. The van der Waals surface area contributed by atoms with Gasteiger partial charge in [0.15, 0.2) is 0 Å². The molecule has 92 valence electrons. The van der Waals surface area contributed by atoms with Crippen molar-refractivity contribution in [3.8, 4) is 6.07 Å². The van der Waals surface area contributed by atoms with Gasteiger partial charge >= 0.3 is 0 Å². The van der Waals surface area contributed by atoms with Crippen molar-refractivity contribution in [1.29, 1.82) is 5.26 Å². The first-order valence-electron chi connectivity index (χ1n) is 5.73. The molecule has 1 aliphatic carbocycles. The molecule has 0 N–H and O–H groups in total. The van der Waals surface area contributed by atoms with Crippen molar-refractivity contribution in [2.45, 2.75) is 39.2 Å². The Labute approximate surface area is 101 Å². The van der Waals surface area contributed by atoms with E-state index < -0.39 is 0 Å². The van der Waals surface area contributed by atoms with Crippen LogP contribution in [0.25, 0.3) is 0 Å². The van der Waals surface area contributed by atoms with Crippen LogP contribution < -0.4 is 0 Å². The summed E-state index contributed by atoms with van der Waals surface area (Å²) in [6.45, 7) is 6.19. The van der Waals surface area contributed by atoms with Crippen LogP contribution in [0.2, 0.25) is 0 Å². The average Bonchev–Trinajstić information content (AvgIpc) is 2.89. The molecule has 0 radical (unpaired) electrons. The summed E-state index contributed by atoms with van der Waals surface area (Å²) in [5, 5.41) is 12.7. The molecule has 1 aliphatic rings. The van der Waals surface area contributed by atoms with E-state index >= 15 is 0 Å². The maximum Gasteiger partial charge on any atom is 0.231 e. The lowest BCUT2D eigenvalue weighted by Gasteiger charge is -2.26. The summed E-state index contributed by atoms with van der Waals surface area (Å²) in [7, 11) is 1.64. The molecule has 0 spiro atoms. The number of nitrogens with zero attached hydrogens (tertiary/aromatic N) is 3. The number of hydrogen-bond acceptors (Lipinski definition) is 5. The fourth-order valence-corrected chi connectivity index (χ4v) is 1.96. The quantitative estimate of drug-likeness (QED) is 0.804. The highest BCUT2D eigenvalue weighted by Crippen LogP contribution is 2.46. The maximum atomic E-state index is 8.76. The molecule has 1 fully saturated rings. The average molecular weight is 235 g/mol. The van der Waals surface area contributed by atoms with Crippen LogP contribution in [0.3, 0.4) is 0 Å². The Morgan fingerprint density at radius 3 is 2.71 bits per heavy atom. The van der Waals surface area contributed by atoms with Gasteiger partial charge in [0, 0.05) is 7.11 Å². The molecule has 0 bridgehead atoms. The van der Waals surface area contributed by atoms with Crippen LogP contribution in [0, 0.1) is 22.7 Å². The molecule has 0 amide bonds. The summed E-state index contributed by atoms with van der Waals surface area (Å²) in [6.07, 6.45) is 0.630. The van der Waals surface area contributed by atoms with Crippen molar-refractivity contribution in [2.24, 2.45) is 11.3 Å². The topological polar surface area (TPSA) is 71.9 Å². The third-order valence-electron chi connectivity index (χ3n) is 2.99. The molecule has 3 unspecified atom stereocenters. The zero-order chi connectivity index (χ0) is 12.6. The van der Waals surface area contributed by atoms with Crippen LogP contribution in [0.15, 0.2) is 4.52 Å². The number of ether oxygens (including phenoxy) is 1. The molecule has 1 aromatic heterocycles. The lowest BCUT2D eigenvalue weighted by molar-refractivity contribution is 0.00718. The number of methoxy groups -OCH3 is 1. The summed E-state index contributed by atoms with van der Waals surface area (Å²) in [5.74, 6) is 1.30. The Kier molecular flexibility index (Phi) is 2.92. The summed E-state index contributed by atoms with van der Waals surface area (Å²) in [4.78, 5) is 4.35. The lowest BCUT2D eigenvalue weighted by atomic mass is 9.88. The Hall–Kier alpha value is -1.41. The number of rotatable bonds is 3. The van der Waals surface area contributed by atoms with E-state index in [-0.39, 0.29) is 23.4 Å². The van der Waals surface area contributed by atoms with Gasteiger partial charge < -0.3 is 9.26 Å². The standard InChI is InChI=1S/C12H17N3O2/c1-12(2,3)9(16-4)10-14-11(17-15-10)8-5-7(8)6-13/h7-9H,5H2,1-4H3. The number of nitriles is 1. The first kappa shape index (κ1) is 12.1. The van der Waals surface area contributed by atoms with Crippen LogP contribution in [0.4, 0.5) is 0 Å². The van der Waals surface area contributed by atoms with Crippen molar-refractivity contribution in [3.63, 3.8) is 0 Å². The summed E-state index contributed by atoms with van der Waals surface area (Å²) < 4.78 is 10.6. The second kappa shape index (κ2) is 4.11. The highest BCUT2D eigenvalue weighted by Gasteiger charge is 2.44. The van der Waals surface area contributed by atoms with Gasteiger partial charge in [-0.3, -0.25) is 0 Å². The van der Waals surface area contributed by atoms with Crippen LogP contribution in [0.1, 0.15) is 50.9 Å². The van der Waals surface area contributed by atoms with Gasteiger partial charge in [-0.2, -0.15) is 10.2 Å². The molecule has 1 saturated carbocycles. The van der Waals surface area contributed by atoms with Gasteiger partial charge in [0.05, 0.1) is 17.9 Å². The number of hydrogen-bond donors (Lipinski definition) is 0. The van der Waals surface area contributed by atoms with Gasteiger partial charge in [0.2, 0.25) is 11.7 Å².